The van der Waals surface area contributed by atoms with E-state index in [2.05, 4.69) is 4.72 Å². The van der Waals surface area contributed by atoms with Crippen molar-refractivity contribution in [3.05, 3.63) is 83.4 Å². The van der Waals surface area contributed by atoms with Gasteiger partial charge in [-0.25, -0.2) is 8.42 Å². The molecule has 0 aliphatic heterocycles. The second-order valence-corrected chi connectivity index (χ2v) is 9.35. The first-order valence-electron chi connectivity index (χ1n) is 9.14. The summed E-state index contributed by atoms with van der Waals surface area (Å²) >= 11 is 5.89. The molecular formula is C22H18ClNO5S. The van der Waals surface area contributed by atoms with Crippen LogP contribution in [0.3, 0.4) is 0 Å². The average molecular weight is 444 g/mol. The maximum atomic E-state index is 12.9. The van der Waals surface area contributed by atoms with Crippen molar-refractivity contribution in [2.75, 3.05) is 0 Å². The molecule has 1 fully saturated rings. The number of sulfonamides is 1. The number of carboxylic acids is 1. The Hall–Kier alpha value is -2.87. The van der Waals surface area contributed by atoms with Gasteiger partial charge in [0.25, 0.3) is 0 Å². The third kappa shape index (κ3) is 3.67. The van der Waals surface area contributed by atoms with Crippen LogP contribution >= 0.6 is 11.6 Å². The van der Waals surface area contributed by atoms with Crippen LogP contribution in [-0.4, -0.2) is 30.1 Å². The molecular weight excluding hydrogens is 426 g/mol. The highest BCUT2D eigenvalue weighted by Gasteiger charge is 2.64. The number of rotatable bonds is 6. The van der Waals surface area contributed by atoms with E-state index in [1.165, 1.54) is 18.2 Å². The van der Waals surface area contributed by atoms with Gasteiger partial charge in [-0.1, -0.05) is 54.1 Å². The summed E-state index contributed by atoms with van der Waals surface area (Å²) in [5, 5.41) is 20.4. The number of aliphatic carboxylic acids is 1. The molecule has 0 amide bonds. The third-order valence-electron chi connectivity index (χ3n) is 5.31. The number of hydrogen-bond donors (Lipinski definition) is 3. The molecule has 1 saturated carbocycles. The topological polar surface area (TPSA) is 104 Å². The summed E-state index contributed by atoms with van der Waals surface area (Å²) in [5.41, 5.74) is 0.393. The summed E-state index contributed by atoms with van der Waals surface area (Å²) in [6.07, 6.45) is 0.0575. The van der Waals surface area contributed by atoms with E-state index in [4.69, 9.17) is 11.6 Å². The quantitative estimate of drug-likeness (QED) is 0.534. The average Bonchev–Trinajstić information content (AvgIpc) is 3.43. The van der Waals surface area contributed by atoms with Crippen LogP contribution in [0.2, 0.25) is 5.02 Å². The molecule has 0 heterocycles. The first kappa shape index (κ1) is 20.4. The predicted octanol–water partition coefficient (Wildman–Crippen LogP) is 4.00. The second kappa shape index (κ2) is 7.43. The van der Waals surface area contributed by atoms with Crippen LogP contribution in [0.5, 0.6) is 5.75 Å². The lowest BCUT2D eigenvalue weighted by atomic mass is 10.1. The van der Waals surface area contributed by atoms with Crippen molar-refractivity contribution in [3.8, 4) is 16.9 Å². The molecule has 0 saturated heterocycles. The number of halogens is 1. The van der Waals surface area contributed by atoms with Gasteiger partial charge in [0.2, 0.25) is 10.0 Å². The number of phenols is 1. The maximum Gasteiger partial charge on any atom is 0.325 e. The van der Waals surface area contributed by atoms with Crippen molar-refractivity contribution >= 4 is 27.6 Å². The van der Waals surface area contributed by atoms with Crippen LogP contribution in [0.25, 0.3) is 11.1 Å². The monoisotopic (exact) mass is 443 g/mol. The Bertz CT molecular complexity index is 1210. The van der Waals surface area contributed by atoms with Gasteiger partial charge in [0.05, 0.1) is 4.90 Å². The number of aromatic hydroxyl groups is 1. The molecule has 0 unspecified atom stereocenters. The van der Waals surface area contributed by atoms with Gasteiger partial charge < -0.3 is 10.2 Å². The molecule has 2 atom stereocenters. The lowest BCUT2D eigenvalue weighted by Gasteiger charge is -2.16. The lowest BCUT2D eigenvalue weighted by Crippen LogP contribution is -2.44. The zero-order chi connectivity index (χ0) is 21.5. The molecule has 3 N–H and O–H groups in total. The van der Waals surface area contributed by atoms with Crippen molar-refractivity contribution in [1.29, 1.82) is 0 Å². The minimum absolute atomic E-state index is 0.0382. The SMILES string of the molecule is O=C(O)[C@@]1(NS(=O)(=O)c2ccc(-c3ccc(Cl)cc3)cc2)C[C@H]1c1ccccc1O. The van der Waals surface area contributed by atoms with Crippen molar-refractivity contribution in [2.24, 2.45) is 0 Å². The third-order valence-corrected chi connectivity index (χ3v) is 7.09. The Kier molecular flexibility index (Phi) is 5.05. The minimum Gasteiger partial charge on any atom is -0.508 e. The molecule has 6 nitrogen and oxygen atoms in total. The summed E-state index contributed by atoms with van der Waals surface area (Å²) < 4.78 is 28.1. The molecule has 1 aliphatic carbocycles. The number of phenolic OH excluding ortho intramolecular Hbond substituents is 1. The van der Waals surface area contributed by atoms with Crippen molar-refractivity contribution in [1.82, 2.24) is 4.72 Å². The number of carbonyl (C=O) groups is 1. The normalized spacial score (nSPS) is 20.6. The van der Waals surface area contributed by atoms with Crippen LogP contribution in [0.4, 0.5) is 0 Å². The highest BCUT2D eigenvalue weighted by Crippen LogP contribution is 2.54. The molecule has 3 aromatic carbocycles. The van der Waals surface area contributed by atoms with Crippen LogP contribution in [0.1, 0.15) is 17.9 Å². The van der Waals surface area contributed by atoms with Gasteiger partial charge in [0.1, 0.15) is 11.3 Å². The zero-order valence-corrected chi connectivity index (χ0v) is 17.2. The van der Waals surface area contributed by atoms with Crippen molar-refractivity contribution in [2.45, 2.75) is 22.8 Å². The molecule has 1 aliphatic rings. The number of carboxylic acid groups (broad SMARTS) is 1. The molecule has 0 spiro atoms. The minimum atomic E-state index is -4.09. The fraction of sp³-hybridized carbons (Fsp3) is 0.136. The Morgan fingerprint density at radius 1 is 0.967 bits per heavy atom. The van der Waals surface area contributed by atoms with Gasteiger partial charge in [-0.15, -0.1) is 0 Å². The zero-order valence-electron chi connectivity index (χ0n) is 15.6. The maximum absolute atomic E-state index is 12.9. The fourth-order valence-corrected chi connectivity index (χ4v) is 5.11. The van der Waals surface area contributed by atoms with Gasteiger partial charge in [0.15, 0.2) is 0 Å². The Morgan fingerprint density at radius 3 is 2.10 bits per heavy atom. The number of benzene rings is 3. The number of nitrogens with one attached hydrogen (secondary N) is 1. The molecule has 0 radical (unpaired) electrons. The van der Waals surface area contributed by atoms with Crippen LogP contribution in [0.15, 0.2) is 77.7 Å². The highest BCUT2D eigenvalue weighted by atomic mass is 35.5. The van der Waals surface area contributed by atoms with Crippen LogP contribution in [0, 0.1) is 0 Å². The van der Waals surface area contributed by atoms with E-state index >= 15 is 0 Å². The predicted molar refractivity (Wildman–Crippen MR) is 113 cm³/mol. The van der Waals surface area contributed by atoms with E-state index in [9.17, 15) is 23.4 Å². The van der Waals surface area contributed by atoms with Crippen LogP contribution in [-0.2, 0) is 14.8 Å². The van der Waals surface area contributed by atoms with Gasteiger partial charge in [0, 0.05) is 10.9 Å². The molecule has 8 heteroatoms. The lowest BCUT2D eigenvalue weighted by molar-refractivity contribution is -0.140. The van der Waals surface area contributed by atoms with E-state index in [-0.39, 0.29) is 17.1 Å². The van der Waals surface area contributed by atoms with Gasteiger partial charge in [-0.05, 0) is 53.4 Å². The Balaban J connectivity index is 1.59. The Labute approximate surface area is 178 Å². The highest BCUT2D eigenvalue weighted by molar-refractivity contribution is 7.89. The van der Waals surface area contributed by atoms with Crippen LogP contribution < -0.4 is 4.72 Å². The van der Waals surface area contributed by atoms with Gasteiger partial charge in [-0.2, -0.15) is 4.72 Å². The van der Waals surface area contributed by atoms with E-state index in [0.717, 1.165) is 11.1 Å². The van der Waals surface area contributed by atoms with E-state index in [1.807, 2.05) is 12.1 Å². The molecule has 154 valence electrons. The molecule has 4 rings (SSSR count). The van der Waals surface area contributed by atoms with Crippen molar-refractivity contribution in [3.63, 3.8) is 0 Å². The fourth-order valence-electron chi connectivity index (χ4n) is 3.58. The van der Waals surface area contributed by atoms with E-state index < -0.39 is 27.4 Å². The molecule has 3 aromatic rings. The van der Waals surface area contributed by atoms with Gasteiger partial charge >= 0.3 is 5.97 Å². The number of para-hydroxylation sites is 1. The van der Waals surface area contributed by atoms with E-state index in [1.54, 1.807) is 42.5 Å². The molecule has 0 aromatic heterocycles. The second-order valence-electron chi connectivity index (χ2n) is 7.23. The summed E-state index contributed by atoms with van der Waals surface area (Å²) in [5.74, 6) is -1.99. The van der Waals surface area contributed by atoms with Gasteiger partial charge in [-0.3, -0.25) is 4.79 Å². The smallest absolute Gasteiger partial charge is 0.325 e. The molecule has 0 bridgehead atoms. The molecule has 30 heavy (non-hydrogen) atoms. The summed E-state index contributed by atoms with van der Waals surface area (Å²) in [6.45, 7) is 0. The number of hydrogen-bond acceptors (Lipinski definition) is 4. The van der Waals surface area contributed by atoms with Crippen molar-refractivity contribution < 1.29 is 23.4 Å². The van der Waals surface area contributed by atoms with E-state index in [0.29, 0.717) is 10.6 Å². The Morgan fingerprint density at radius 2 is 1.53 bits per heavy atom. The summed E-state index contributed by atoms with van der Waals surface area (Å²) in [7, 11) is -4.09. The largest absolute Gasteiger partial charge is 0.508 e. The summed E-state index contributed by atoms with van der Waals surface area (Å²) in [6, 6.07) is 19.6. The summed E-state index contributed by atoms with van der Waals surface area (Å²) in [4.78, 5) is 11.9. The first-order valence-corrected chi connectivity index (χ1v) is 11.0. The standard InChI is InChI=1S/C22H18ClNO5S/c23-16-9-5-14(6-10-16)15-7-11-17(12-8-15)30(28,29)24-22(21(26)27)13-19(22)18-3-1-2-4-20(18)25/h1-12,19,24-25H,13H2,(H,26,27)/t19-,22+/m0/s1. The first-order chi connectivity index (χ1) is 14.2.